The van der Waals surface area contributed by atoms with E-state index in [-0.39, 0.29) is 5.15 Å². The fourth-order valence-corrected chi connectivity index (χ4v) is 3.58. The average Bonchev–Trinajstić information content (AvgIpc) is 3.38. The predicted octanol–water partition coefficient (Wildman–Crippen LogP) is 3.57. The van der Waals surface area contributed by atoms with Crippen molar-refractivity contribution in [1.29, 1.82) is 5.26 Å². The fraction of sp³-hybridized carbons (Fsp3) is 0.588. The van der Waals surface area contributed by atoms with Crippen LogP contribution in [-0.4, -0.2) is 43.1 Å². The fourth-order valence-electron chi connectivity index (χ4n) is 3.35. The molecule has 2 aliphatic rings. The van der Waals surface area contributed by atoms with Crippen LogP contribution in [0.5, 0.6) is 0 Å². The summed E-state index contributed by atoms with van der Waals surface area (Å²) in [5.41, 5.74) is 1.76. The lowest BCUT2D eigenvalue weighted by molar-refractivity contribution is 0.249. The van der Waals surface area contributed by atoms with Crippen molar-refractivity contribution in [3.05, 3.63) is 27.7 Å². The molecular formula is C17H20ClN5. The zero-order valence-electron chi connectivity index (χ0n) is 13.5. The molecule has 1 aliphatic carbocycles. The molecule has 23 heavy (non-hydrogen) atoms. The monoisotopic (exact) mass is 329 g/mol. The molecule has 1 saturated carbocycles. The van der Waals surface area contributed by atoms with Crippen LogP contribution in [0.4, 0.5) is 11.5 Å². The van der Waals surface area contributed by atoms with Gasteiger partial charge in [-0.1, -0.05) is 11.6 Å². The first kappa shape index (κ1) is 16.1. The van der Waals surface area contributed by atoms with Crippen molar-refractivity contribution in [3.63, 3.8) is 0 Å². The highest BCUT2D eigenvalue weighted by molar-refractivity contribution is 6.31. The molecule has 1 aromatic rings. The Kier molecular flexibility index (Phi) is 4.43. The summed E-state index contributed by atoms with van der Waals surface area (Å²) in [5, 5.41) is 9.64. The second kappa shape index (κ2) is 6.35. The van der Waals surface area contributed by atoms with Crippen LogP contribution in [0.15, 0.2) is 0 Å². The van der Waals surface area contributed by atoms with E-state index in [9.17, 15) is 5.26 Å². The number of hydrogen-bond donors (Lipinski definition) is 0. The van der Waals surface area contributed by atoms with E-state index in [2.05, 4.69) is 39.8 Å². The molecule has 0 bridgehead atoms. The molecule has 1 aromatic heterocycles. The minimum absolute atomic E-state index is 0.242. The van der Waals surface area contributed by atoms with Crippen LogP contribution < -0.4 is 4.90 Å². The molecule has 0 spiro atoms. The summed E-state index contributed by atoms with van der Waals surface area (Å²) in [6.07, 6.45) is 4.14. The summed E-state index contributed by atoms with van der Waals surface area (Å²) in [4.78, 5) is 12.6. The van der Waals surface area contributed by atoms with Gasteiger partial charge in [0.2, 0.25) is 5.69 Å². The van der Waals surface area contributed by atoms with E-state index in [1.807, 2.05) is 0 Å². The number of nitriles is 1. The quantitative estimate of drug-likeness (QED) is 0.628. The second-order valence-corrected chi connectivity index (χ2v) is 6.90. The molecule has 5 nitrogen and oxygen atoms in total. The van der Waals surface area contributed by atoms with Gasteiger partial charge in [0.25, 0.3) is 0 Å². The SMILES string of the molecule is [C-]#[N+]c1c(N2CCC(N(C)C)CC2)nc(Cl)c(C#N)c1C1CC1. The minimum atomic E-state index is 0.242. The topological polar surface area (TPSA) is 47.5 Å². The Morgan fingerprint density at radius 2 is 1.96 bits per heavy atom. The summed E-state index contributed by atoms with van der Waals surface area (Å²) >= 11 is 6.26. The van der Waals surface area contributed by atoms with E-state index >= 15 is 0 Å². The number of rotatable bonds is 3. The standard InChI is InChI=1S/C17H20ClN5/c1-20-15-14(11-4-5-11)13(10-19)16(18)21-17(15)23-8-6-12(7-9-23)22(2)3/h11-12H,4-9H2,2-3H3. The summed E-state index contributed by atoms with van der Waals surface area (Å²) in [6, 6.07) is 2.72. The molecule has 0 amide bonds. The Morgan fingerprint density at radius 1 is 1.30 bits per heavy atom. The largest absolute Gasteiger partial charge is 0.365 e. The first-order chi connectivity index (χ1) is 11.1. The Bertz CT molecular complexity index is 688. The van der Waals surface area contributed by atoms with Gasteiger partial charge in [-0.2, -0.15) is 5.26 Å². The van der Waals surface area contributed by atoms with Crippen LogP contribution in [0, 0.1) is 17.9 Å². The smallest absolute Gasteiger partial charge is 0.233 e. The van der Waals surface area contributed by atoms with Crippen molar-refractivity contribution in [2.45, 2.75) is 37.6 Å². The van der Waals surface area contributed by atoms with Crippen LogP contribution in [0.2, 0.25) is 5.15 Å². The number of pyridine rings is 1. The van der Waals surface area contributed by atoms with Gasteiger partial charge in [-0.05, 0) is 51.3 Å². The molecule has 0 N–H and O–H groups in total. The third-order valence-electron chi connectivity index (χ3n) is 4.85. The van der Waals surface area contributed by atoms with Gasteiger partial charge in [0.15, 0.2) is 0 Å². The van der Waals surface area contributed by atoms with E-state index in [0.717, 1.165) is 44.3 Å². The first-order valence-corrected chi connectivity index (χ1v) is 8.37. The molecule has 0 unspecified atom stereocenters. The van der Waals surface area contributed by atoms with Crippen molar-refractivity contribution in [2.24, 2.45) is 0 Å². The van der Waals surface area contributed by atoms with Gasteiger partial charge >= 0.3 is 0 Å². The third-order valence-corrected chi connectivity index (χ3v) is 5.12. The molecule has 0 radical (unpaired) electrons. The van der Waals surface area contributed by atoms with Gasteiger partial charge in [-0.25, -0.2) is 9.83 Å². The maximum Gasteiger partial charge on any atom is 0.233 e. The first-order valence-electron chi connectivity index (χ1n) is 7.99. The van der Waals surface area contributed by atoms with Crippen molar-refractivity contribution in [2.75, 3.05) is 32.1 Å². The van der Waals surface area contributed by atoms with Crippen molar-refractivity contribution in [1.82, 2.24) is 9.88 Å². The van der Waals surface area contributed by atoms with Crippen LogP contribution in [-0.2, 0) is 0 Å². The minimum Gasteiger partial charge on any atom is -0.365 e. The maximum absolute atomic E-state index is 9.40. The lowest BCUT2D eigenvalue weighted by atomic mass is 10.0. The van der Waals surface area contributed by atoms with Gasteiger partial charge in [-0.3, -0.25) is 0 Å². The second-order valence-electron chi connectivity index (χ2n) is 6.54. The van der Waals surface area contributed by atoms with E-state index in [0.29, 0.717) is 29.0 Å². The highest BCUT2D eigenvalue weighted by Gasteiger charge is 2.34. The number of anilines is 1. The maximum atomic E-state index is 9.40. The van der Waals surface area contributed by atoms with Gasteiger partial charge in [0, 0.05) is 19.1 Å². The van der Waals surface area contributed by atoms with Gasteiger partial charge in [0.1, 0.15) is 17.0 Å². The van der Waals surface area contributed by atoms with Crippen LogP contribution in [0.3, 0.4) is 0 Å². The molecular weight excluding hydrogens is 310 g/mol. The summed E-state index contributed by atoms with van der Waals surface area (Å²) in [5.74, 6) is 0.968. The molecule has 2 heterocycles. The lowest BCUT2D eigenvalue weighted by Crippen LogP contribution is -2.42. The van der Waals surface area contributed by atoms with Crippen molar-refractivity contribution in [3.8, 4) is 6.07 Å². The van der Waals surface area contributed by atoms with Crippen LogP contribution >= 0.6 is 11.6 Å². The molecule has 1 aliphatic heterocycles. The molecule has 2 fully saturated rings. The number of nitrogens with zero attached hydrogens (tertiary/aromatic N) is 5. The average molecular weight is 330 g/mol. The van der Waals surface area contributed by atoms with Crippen molar-refractivity contribution < 1.29 is 0 Å². The Labute approximate surface area is 142 Å². The highest BCUT2D eigenvalue weighted by Crippen LogP contribution is 2.50. The normalized spacial score (nSPS) is 18.8. The summed E-state index contributed by atoms with van der Waals surface area (Å²) in [7, 11) is 4.21. The Hall–Kier alpha value is -1.82. The van der Waals surface area contributed by atoms with E-state index in [1.54, 1.807) is 0 Å². The zero-order chi connectivity index (χ0) is 16.6. The van der Waals surface area contributed by atoms with Gasteiger partial charge < -0.3 is 9.80 Å². The molecule has 120 valence electrons. The number of aromatic nitrogens is 1. The number of halogens is 1. The molecule has 3 rings (SSSR count). The van der Waals surface area contributed by atoms with E-state index in [4.69, 9.17) is 18.2 Å². The van der Waals surface area contributed by atoms with E-state index < -0.39 is 0 Å². The summed E-state index contributed by atoms with van der Waals surface area (Å²) < 4.78 is 0. The number of hydrogen-bond acceptors (Lipinski definition) is 4. The van der Waals surface area contributed by atoms with Gasteiger partial charge in [0.05, 0.1) is 12.1 Å². The molecule has 1 saturated heterocycles. The molecule has 0 atom stereocenters. The Morgan fingerprint density at radius 3 is 2.43 bits per heavy atom. The Balaban J connectivity index is 1.98. The van der Waals surface area contributed by atoms with Crippen LogP contribution in [0.25, 0.3) is 4.85 Å². The van der Waals surface area contributed by atoms with Gasteiger partial charge in [-0.15, -0.1) is 0 Å². The van der Waals surface area contributed by atoms with E-state index in [1.165, 1.54) is 0 Å². The summed E-state index contributed by atoms with van der Waals surface area (Å²) in [6.45, 7) is 9.34. The van der Waals surface area contributed by atoms with Crippen molar-refractivity contribution >= 4 is 23.1 Å². The van der Waals surface area contributed by atoms with Crippen LogP contribution in [0.1, 0.15) is 42.7 Å². The molecule has 0 aromatic carbocycles. The predicted molar refractivity (Wildman–Crippen MR) is 91.1 cm³/mol. The molecule has 6 heteroatoms. The number of piperidine rings is 1. The highest BCUT2D eigenvalue weighted by atomic mass is 35.5. The third kappa shape index (κ3) is 3.00. The zero-order valence-corrected chi connectivity index (χ0v) is 14.3. The lowest BCUT2D eigenvalue weighted by Gasteiger charge is -2.36.